The number of fused-ring (bicyclic) bond motifs is 3. The zero-order valence-corrected chi connectivity index (χ0v) is 16.7. The molecule has 3 heteroatoms. The minimum absolute atomic E-state index is 0.206. The predicted octanol–water partition coefficient (Wildman–Crippen LogP) is 5.70. The van der Waals surface area contributed by atoms with Crippen molar-refractivity contribution in [2.75, 3.05) is 4.90 Å². The molecule has 138 valence electrons. The van der Waals surface area contributed by atoms with Crippen molar-refractivity contribution < 1.29 is 0 Å². The highest BCUT2D eigenvalue weighted by atomic mass is 15.3. The van der Waals surface area contributed by atoms with Gasteiger partial charge in [-0.25, -0.2) is 4.98 Å². The average molecular weight is 350 g/mol. The third kappa shape index (κ3) is 2.15. The largest absolute Gasteiger partial charge is 0.363 e. The van der Waals surface area contributed by atoms with E-state index in [9.17, 15) is 0 Å². The molecule has 2 aliphatic heterocycles. The van der Waals surface area contributed by atoms with Crippen molar-refractivity contribution in [2.45, 2.75) is 84.2 Å². The van der Waals surface area contributed by atoms with E-state index in [1.165, 1.54) is 61.1 Å². The first-order valence-electron chi connectivity index (χ1n) is 10.4. The van der Waals surface area contributed by atoms with Crippen LogP contribution in [0.3, 0.4) is 0 Å². The van der Waals surface area contributed by atoms with Crippen LogP contribution in [0.4, 0.5) is 5.69 Å². The fraction of sp³-hybridized carbons (Fsp3) is 0.609. The summed E-state index contributed by atoms with van der Waals surface area (Å²) in [6, 6.07) is 5.32. The molecule has 0 radical (unpaired) electrons. The first kappa shape index (κ1) is 16.4. The number of hydrogen-bond donors (Lipinski definition) is 0. The molecule has 26 heavy (non-hydrogen) atoms. The highest BCUT2D eigenvalue weighted by Crippen LogP contribution is 2.56. The Morgan fingerprint density at radius 1 is 1.12 bits per heavy atom. The SMILES string of the molecule is Cc1cc2c(cc1N1C(C)C3(CCCCC3)CC1(C)C)nc1n2C=CC1. The molecular weight excluding hydrogens is 318 g/mol. The monoisotopic (exact) mass is 349 g/mol. The van der Waals surface area contributed by atoms with Crippen molar-refractivity contribution in [3.63, 3.8) is 0 Å². The van der Waals surface area contributed by atoms with Crippen molar-refractivity contribution in [2.24, 2.45) is 5.41 Å². The molecule has 5 rings (SSSR count). The maximum Gasteiger partial charge on any atom is 0.117 e. The van der Waals surface area contributed by atoms with Gasteiger partial charge in [0.2, 0.25) is 0 Å². The van der Waals surface area contributed by atoms with E-state index in [-0.39, 0.29) is 5.54 Å². The summed E-state index contributed by atoms with van der Waals surface area (Å²) < 4.78 is 2.26. The molecule has 1 aromatic heterocycles. The number of imidazole rings is 1. The Labute approximate surface area is 157 Å². The molecule has 2 fully saturated rings. The Morgan fingerprint density at radius 3 is 2.65 bits per heavy atom. The minimum Gasteiger partial charge on any atom is -0.363 e. The number of hydrogen-bond acceptors (Lipinski definition) is 2. The summed E-state index contributed by atoms with van der Waals surface area (Å²) in [5, 5.41) is 0. The quantitative estimate of drug-likeness (QED) is 0.658. The van der Waals surface area contributed by atoms with Crippen LogP contribution in [0.25, 0.3) is 17.2 Å². The van der Waals surface area contributed by atoms with Crippen molar-refractivity contribution >= 4 is 22.9 Å². The lowest BCUT2D eigenvalue weighted by molar-refractivity contribution is 0.170. The van der Waals surface area contributed by atoms with Crippen molar-refractivity contribution in [1.29, 1.82) is 0 Å². The Hall–Kier alpha value is -1.77. The Balaban J connectivity index is 1.62. The van der Waals surface area contributed by atoms with Crippen LogP contribution in [0, 0.1) is 12.3 Å². The number of aromatic nitrogens is 2. The first-order chi connectivity index (χ1) is 12.4. The third-order valence-corrected chi connectivity index (χ3v) is 7.45. The summed E-state index contributed by atoms with van der Waals surface area (Å²) in [4.78, 5) is 7.66. The van der Waals surface area contributed by atoms with E-state index in [4.69, 9.17) is 4.98 Å². The number of aryl methyl sites for hydroxylation is 1. The van der Waals surface area contributed by atoms with Gasteiger partial charge in [0, 0.05) is 29.9 Å². The molecule has 1 saturated carbocycles. The van der Waals surface area contributed by atoms with Gasteiger partial charge in [-0.05, 0) is 70.1 Å². The van der Waals surface area contributed by atoms with Crippen LogP contribution < -0.4 is 4.90 Å². The van der Waals surface area contributed by atoms with Gasteiger partial charge in [0.25, 0.3) is 0 Å². The molecular formula is C23H31N3. The normalized spacial score (nSPS) is 26.2. The van der Waals surface area contributed by atoms with Crippen LogP contribution >= 0.6 is 0 Å². The molecule has 1 atom stereocenters. The first-order valence-corrected chi connectivity index (χ1v) is 10.4. The molecule has 2 aromatic rings. The highest BCUT2D eigenvalue weighted by Gasteiger charge is 2.53. The smallest absolute Gasteiger partial charge is 0.117 e. The molecule has 1 aliphatic carbocycles. The van der Waals surface area contributed by atoms with Gasteiger partial charge in [0.1, 0.15) is 5.82 Å². The van der Waals surface area contributed by atoms with E-state index in [0.29, 0.717) is 11.5 Å². The molecule has 1 unspecified atom stereocenters. The zero-order chi connectivity index (χ0) is 18.1. The third-order valence-electron chi connectivity index (χ3n) is 7.45. The molecule has 0 amide bonds. The van der Waals surface area contributed by atoms with E-state index in [0.717, 1.165) is 11.9 Å². The Bertz CT molecular complexity index is 896. The number of anilines is 1. The van der Waals surface area contributed by atoms with Gasteiger partial charge in [-0.2, -0.15) is 0 Å². The average Bonchev–Trinajstić information content (AvgIpc) is 3.21. The summed E-state index contributed by atoms with van der Waals surface area (Å²) >= 11 is 0. The topological polar surface area (TPSA) is 21.1 Å². The van der Waals surface area contributed by atoms with E-state index < -0.39 is 0 Å². The molecule has 3 aliphatic rings. The molecule has 3 nitrogen and oxygen atoms in total. The van der Waals surface area contributed by atoms with Crippen LogP contribution in [-0.2, 0) is 6.42 Å². The number of benzene rings is 1. The van der Waals surface area contributed by atoms with Crippen LogP contribution in [0.2, 0.25) is 0 Å². The van der Waals surface area contributed by atoms with Crippen LogP contribution in [0.1, 0.15) is 70.7 Å². The molecule has 1 saturated heterocycles. The molecule has 0 N–H and O–H groups in total. The molecule has 1 spiro atoms. The van der Waals surface area contributed by atoms with Gasteiger partial charge < -0.3 is 9.47 Å². The Kier molecular flexibility index (Phi) is 3.39. The molecule has 1 aromatic carbocycles. The second kappa shape index (κ2) is 5.37. The fourth-order valence-electron chi connectivity index (χ4n) is 6.40. The van der Waals surface area contributed by atoms with Gasteiger partial charge in [-0.15, -0.1) is 0 Å². The van der Waals surface area contributed by atoms with Crippen LogP contribution in [0.5, 0.6) is 0 Å². The van der Waals surface area contributed by atoms with Gasteiger partial charge in [0.15, 0.2) is 0 Å². The van der Waals surface area contributed by atoms with Crippen LogP contribution in [-0.4, -0.2) is 21.1 Å². The second-order valence-electron chi connectivity index (χ2n) is 9.57. The Morgan fingerprint density at radius 2 is 1.88 bits per heavy atom. The minimum atomic E-state index is 0.206. The fourth-order valence-corrected chi connectivity index (χ4v) is 6.40. The van der Waals surface area contributed by atoms with E-state index in [1.807, 2.05) is 0 Å². The van der Waals surface area contributed by atoms with Crippen molar-refractivity contribution in [3.05, 3.63) is 29.6 Å². The number of rotatable bonds is 1. The summed E-state index contributed by atoms with van der Waals surface area (Å²) in [7, 11) is 0. The van der Waals surface area contributed by atoms with Gasteiger partial charge in [-0.3, -0.25) is 0 Å². The summed E-state index contributed by atoms with van der Waals surface area (Å²) in [5.41, 5.74) is 5.90. The molecule has 3 heterocycles. The van der Waals surface area contributed by atoms with E-state index in [1.54, 1.807) is 0 Å². The maximum atomic E-state index is 4.92. The maximum absolute atomic E-state index is 4.92. The van der Waals surface area contributed by atoms with E-state index in [2.05, 4.69) is 61.6 Å². The van der Waals surface area contributed by atoms with Crippen LogP contribution in [0.15, 0.2) is 18.2 Å². The van der Waals surface area contributed by atoms with Crippen molar-refractivity contribution in [1.82, 2.24) is 9.55 Å². The second-order valence-corrected chi connectivity index (χ2v) is 9.57. The lowest BCUT2D eigenvalue weighted by Gasteiger charge is -2.41. The highest BCUT2D eigenvalue weighted by molar-refractivity contribution is 5.85. The summed E-state index contributed by atoms with van der Waals surface area (Å²) in [5.74, 6) is 1.18. The van der Waals surface area contributed by atoms with Gasteiger partial charge in [0.05, 0.1) is 11.0 Å². The zero-order valence-electron chi connectivity index (χ0n) is 16.7. The van der Waals surface area contributed by atoms with Gasteiger partial charge >= 0.3 is 0 Å². The summed E-state index contributed by atoms with van der Waals surface area (Å²) in [6.45, 7) is 9.67. The van der Waals surface area contributed by atoms with Crippen molar-refractivity contribution in [3.8, 4) is 0 Å². The summed E-state index contributed by atoms with van der Waals surface area (Å²) in [6.07, 6.45) is 13.7. The van der Waals surface area contributed by atoms with Gasteiger partial charge in [-0.1, -0.05) is 25.3 Å². The number of nitrogens with zero attached hydrogens (tertiary/aromatic N) is 3. The molecule has 0 bridgehead atoms. The standard InChI is InChI=1S/C23H31N3/c1-16-13-20-18(24-21-9-8-12-25(20)21)14-19(16)26-17(2)23(15-22(26,3)4)10-6-5-7-11-23/h8,12-14,17H,5-7,9-11,15H2,1-4H3. The predicted molar refractivity (Wildman–Crippen MR) is 110 cm³/mol. The lowest BCUT2D eigenvalue weighted by Crippen LogP contribution is -2.44. The van der Waals surface area contributed by atoms with E-state index >= 15 is 0 Å². The number of allylic oxidation sites excluding steroid dienone is 1. The lowest BCUT2D eigenvalue weighted by atomic mass is 9.68.